The Balaban J connectivity index is 2.52. The van der Waals surface area contributed by atoms with Crippen LogP contribution in [0.15, 0.2) is 18.2 Å². The Bertz CT molecular complexity index is 391. The molecule has 0 bridgehead atoms. The van der Waals surface area contributed by atoms with E-state index in [0.29, 0.717) is 10.6 Å². The minimum atomic E-state index is 0.0610. The van der Waals surface area contributed by atoms with E-state index >= 15 is 0 Å². The predicted molar refractivity (Wildman–Crippen MR) is 78.1 cm³/mol. The van der Waals surface area contributed by atoms with E-state index < -0.39 is 0 Å². The second-order valence-corrected chi connectivity index (χ2v) is 5.97. The third-order valence-corrected chi connectivity index (χ3v) is 3.85. The highest BCUT2D eigenvalue weighted by molar-refractivity contribution is 7.98. The number of nitrogens with two attached hydrogens (primary N) is 1. The molecule has 0 heterocycles. The quantitative estimate of drug-likeness (QED) is 0.468. The molecule has 0 aliphatic rings. The Kier molecular flexibility index (Phi) is 5.86. The van der Waals surface area contributed by atoms with E-state index in [0.717, 1.165) is 23.0 Å². The van der Waals surface area contributed by atoms with Gasteiger partial charge in [0.15, 0.2) is 0 Å². The lowest BCUT2D eigenvalue weighted by atomic mass is 10.1. The third kappa shape index (κ3) is 5.00. The first kappa shape index (κ1) is 14.4. The fraction of sp³-hybridized carbons (Fsp3) is 0.462. The average molecular weight is 271 g/mol. The van der Waals surface area contributed by atoms with Crippen LogP contribution < -0.4 is 5.73 Å². The Morgan fingerprint density at radius 1 is 1.47 bits per heavy atom. The number of hydrogen-bond donors (Lipinski definition) is 2. The lowest BCUT2D eigenvalue weighted by Crippen LogP contribution is -2.10. The van der Waals surface area contributed by atoms with Crippen LogP contribution in [0.3, 0.4) is 0 Å². The Morgan fingerprint density at radius 3 is 2.71 bits per heavy atom. The number of thioether (sulfide) groups is 1. The first-order valence-electron chi connectivity index (χ1n) is 5.71. The summed E-state index contributed by atoms with van der Waals surface area (Å²) in [7, 11) is 0. The normalized spacial score (nSPS) is 10.8. The SMILES string of the molecule is CC(C)CCSCc1ccc(C(=N)N)cc1Cl. The van der Waals surface area contributed by atoms with Gasteiger partial charge in [-0.15, -0.1) is 0 Å². The van der Waals surface area contributed by atoms with Gasteiger partial charge in [0.1, 0.15) is 5.84 Å². The molecule has 0 aromatic heterocycles. The number of benzene rings is 1. The molecule has 0 radical (unpaired) electrons. The van der Waals surface area contributed by atoms with E-state index in [1.54, 1.807) is 6.07 Å². The average Bonchev–Trinajstić information content (AvgIpc) is 2.25. The molecule has 0 aliphatic heterocycles. The third-order valence-electron chi connectivity index (χ3n) is 2.46. The van der Waals surface area contributed by atoms with E-state index in [1.807, 2.05) is 23.9 Å². The van der Waals surface area contributed by atoms with Crippen molar-refractivity contribution in [3.05, 3.63) is 34.3 Å². The van der Waals surface area contributed by atoms with E-state index in [4.69, 9.17) is 22.7 Å². The summed E-state index contributed by atoms with van der Waals surface area (Å²) in [4.78, 5) is 0. The summed E-state index contributed by atoms with van der Waals surface area (Å²) in [6.07, 6.45) is 1.23. The molecule has 4 heteroatoms. The van der Waals surface area contributed by atoms with Gasteiger partial charge in [0.25, 0.3) is 0 Å². The largest absolute Gasteiger partial charge is 0.384 e. The Hall–Kier alpha value is -0.670. The molecule has 0 saturated heterocycles. The van der Waals surface area contributed by atoms with E-state index in [-0.39, 0.29) is 5.84 Å². The van der Waals surface area contributed by atoms with Crippen LogP contribution in [0.25, 0.3) is 0 Å². The highest BCUT2D eigenvalue weighted by Crippen LogP contribution is 2.23. The van der Waals surface area contributed by atoms with E-state index in [9.17, 15) is 0 Å². The maximum absolute atomic E-state index is 7.33. The number of halogens is 1. The molecule has 0 saturated carbocycles. The topological polar surface area (TPSA) is 49.9 Å². The van der Waals surface area contributed by atoms with Crippen LogP contribution in [-0.2, 0) is 5.75 Å². The molecule has 3 N–H and O–H groups in total. The molecule has 17 heavy (non-hydrogen) atoms. The second-order valence-electron chi connectivity index (χ2n) is 4.45. The van der Waals surface area contributed by atoms with E-state index in [1.165, 1.54) is 6.42 Å². The van der Waals surface area contributed by atoms with Crippen molar-refractivity contribution in [2.45, 2.75) is 26.0 Å². The maximum atomic E-state index is 7.33. The summed E-state index contributed by atoms with van der Waals surface area (Å²) < 4.78 is 0. The van der Waals surface area contributed by atoms with Gasteiger partial charge < -0.3 is 5.73 Å². The number of nitrogen functional groups attached to an aromatic ring is 1. The molecule has 0 spiro atoms. The molecular weight excluding hydrogens is 252 g/mol. The zero-order chi connectivity index (χ0) is 12.8. The molecule has 1 aromatic carbocycles. The highest BCUT2D eigenvalue weighted by atomic mass is 35.5. The van der Waals surface area contributed by atoms with Gasteiger partial charge in [0.2, 0.25) is 0 Å². The Labute approximate surface area is 112 Å². The van der Waals surface area contributed by atoms with Gasteiger partial charge in [-0.3, -0.25) is 5.41 Å². The molecule has 0 fully saturated rings. The number of nitrogens with one attached hydrogen (secondary N) is 1. The zero-order valence-corrected chi connectivity index (χ0v) is 11.9. The van der Waals surface area contributed by atoms with Gasteiger partial charge in [0, 0.05) is 16.3 Å². The molecular formula is C13H19ClN2S. The summed E-state index contributed by atoms with van der Waals surface area (Å²) in [5, 5.41) is 8.03. The van der Waals surface area contributed by atoms with Gasteiger partial charge in [-0.1, -0.05) is 37.6 Å². The summed E-state index contributed by atoms with van der Waals surface area (Å²) in [6, 6.07) is 5.58. The van der Waals surface area contributed by atoms with Crippen molar-refractivity contribution in [1.29, 1.82) is 5.41 Å². The van der Waals surface area contributed by atoms with Crippen LogP contribution in [0.2, 0.25) is 5.02 Å². The van der Waals surface area contributed by atoms with Crippen molar-refractivity contribution >= 4 is 29.2 Å². The number of rotatable bonds is 6. The van der Waals surface area contributed by atoms with Crippen LogP contribution in [0, 0.1) is 11.3 Å². The molecule has 0 amide bonds. The van der Waals surface area contributed by atoms with Crippen LogP contribution in [0.1, 0.15) is 31.4 Å². The lowest BCUT2D eigenvalue weighted by Gasteiger charge is -2.07. The molecule has 94 valence electrons. The van der Waals surface area contributed by atoms with Crippen molar-refractivity contribution in [2.75, 3.05) is 5.75 Å². The fourth-order valence-corrected chi connectivity index (χ4v) is 2.91. The van der Waals surface area contributed by atoms with Crippen molar-refractivity contribution < 1.29 is 0 Å². The maximum Gasteiger partial charge on any atom is 0.122 e. The summed E-state index contributed by atoms with van der Waals surface area (Å²) >= 11 is 8.04. The molecule has 0 atom stereocenters. The highest BCUT2D eigenvalue weighted by Gasteiger charge is 2.04. The van der Waals surface area contributed by atoms with Gasteiger partial charge >= 0.3 is 0 Å². The minimum absolute atomic E-state index is 0.0610. The zero-order valence-electron chi connectivity index (χ0n) is 10.3. The smallest absolute Gasteiger partial charge is 0.122 e. The van der Waals surface area contributed by atoms with Crippen LogP contribution in [-0.4, -0.2) is 11.6 Å². The molecule has 2 nitrogen and oxygen atoms in total. The van der Waals surface area contributed by atoms with Crippen molar-refractivity contribution in [2.24, 2.45) is 11.7 Å². The molecule has 0 aliphatic carbocycles. The van der Waals surface area contributed by atoms with Crippen LogP contribution >= 0.6 is 23.4 Å². The second kappa shape index (κ2) is 6.92. The first-order valence-corrected chi connectivity index (χ1v) is 7.24. The first-order chi connectivity index (χ1) is 8.00. The summed E-state index contributed by atoms with van der Waals surface area (Å²) in [6.45, 7) is 4.46. The molecule has 1 aromatic rings. The molecule has 0 unspecified atom stereocenters. The number of amidine groups is 1. The van der Waals surface area contributed by atoms with Crippen molar-refractivity contribution in [3.63, 3.8) is 0 Å². The minimum Gasteiger partial charge on any atom is -0.384 e. The monoisotopic (exact) mass is 270 g/mol. The number of hydrogen-bond acceptors (Lipinski definition) is 2. The van der Waals surface area contributed by atoms with Crippen LogP contribution in [0.5, 0.6) is 0 Å². The predicted octanol–water partition coefficient (Wildman–Crippen LogP) is 3.90. The fourth-order valence-electron chi connectivity index (χ4n) is 1.33. The Morgan fingerprint density at radius 2 is 2.18 bits per heavy atom. The molecule has 1 rings (SSSR count). The van der Waals surface area contributed by atoms with Crippen molar-refractivity contribution in [3.8, 4) is 0 Å². The van der Waals surface area contributed by atoms with E-state index in [2.05, 4.69) is 13.8 Å². The summed E-state index contributed by atoms with van der Waals surface area (Å²) in [5.74, 6) is 2.88. The standard InChI is InChI=1S/C13H19ClN2S/c1-9(2)5-6-17-8-11-4-3-10(13(15)16)7-12(11)14/h3-4,7,9H,5-6,8H2,1-2H3,(H3,15,16). The van der Waals surface area contributed by atoms with Gasteiger partial charge in [-0.05, 0) is 29.7 Å². The van der Waals surface area contributed by atoms with Crippen LogP contribution in [0.4, 0.5) is 0 Å². The van der Waals surface area contributed by atoms with Crippen molar-refractivity contribution in [1.82, 2.24) is 0 Å². The van der Waals surface area contributed by atoms with Gasteiger partial charge in [-0.25, -0.2) is 0 Å². The van der Waals surface area contributed by atoms with Gasteiger partial charge in [0.05, 0.1) is 0 Å². The van der Waals surface area contributed by atoms with Gasteiger partial charge in [-0.2, -0.15) is 11.8 Å². The summed E-state index contributed by atoms with van der Waals surface area (Å²) in [5.41, 5.74) is 7.21. The lowest BCUT2D eigenvalue weighted by molar-refractivity contribution is 0.632.